The highest BCUT2D eigenvalue weighted by Crippen LogP contribution is 2.41. The first-order chi connectivity index (χ1) is 21.0. The minimum Gasteiger partial charge on any atom is -0.455 e. The maximum Gasteiger partial charge on any atom is 0.286 e. The molecule has 0 unspecified atom stereocenters. The van der Waals surface area contributed by atoms with Crippen LogP contribution >= 0.6 is 0 Å². The third kappa shape index (κ3) is 4.96. The van der Waals surface area contributed by atoms with Crippen LogP contribution in [0.4, 0.5) is 10.1 Å². The van der Waals surface area contributed by atoms with Gasteiger partial charge in [0.05, 0.1) is 35.1 Å². The summed E-state index contributed by atoms with van der Waals surface area (Å²) in [4.78, 5) is 39.8. The molecular weight excluding hydrogens is 587 g/mol. The Hall–Kier alpha value is -5.43. The van der Waals surface area contributed by atoms with Gasteiger partial charge in [0.1, 0.15) is 23.5 Å². The van der Waals surface area contributed by atoms with Crippen LogP contribution in [0.5, 0.6) is 0 Å². The van der Waals surface area contributed by atoms with E-state index in [9.17, 15) is 22.4 Å². The molecule has 3 aromatic carbocycles. The van der Waals surface area contributed by atoms with Crippen LogP contribution in [0.15, 0.2) is 82.4 Å². The number of nitrogens with zero attached hydrogens (tertiary/aromatic N) is 5. The number of nitrogens with one attached hydrogen (secondary N) is 1. The molecule has 0 saturated heterocycles. The zero-order chi connectivity index (χ0) is 31.3. The van der Waals surface area contributed by atoms with E-state index in [1.165, 1.54) is 50.9 Å². The van der Waals surface area contributed by atoms with Gasteiger partial charge in [-0.25, -0.2) is 27.8 Å². The molecule has 3 aromatic heterocycles. The second kappa shape index (κ2) is 10.7. The second-order valence-corrected chi connectivity index (χ2v) is 12.2. The Morgan fingerprint density at radius 1 is 1.07 bits per heavy atom. The molecule has 11 nitrogen and oxygen atoms in total. The molecule has 3 heterocycles. The maximum atomic E-state index is 13.9. The summed E-state index contributed by atoms with van der Waals surface area (Å²) in [6.07, 6.45) is 3.64. The van der Waals surface area contributed by atoms with Gasteiger partial charge in [-0.1, -0.05) is 35.9 Å². The van der Waals surface area contributed by atoms with Crippen molar-refractivity contribution in [2.75, 3.05) is 24.7 Å². The zero-order valence-corrected chi connectivity index (χ0v) is 24.8. The summed E-state index contributed by atoms with van der Waals surface area (Å²) in [7, 11) is -0.914. The Kier molecular flexibility index (Phi) is 6.97. The number of aromatic nitrogens is 4. The molecule has 0 radical (unpaired) electrons. The number of rotatable bonds is 6. The molecular formula is C31H25FN6O5S. The minimum absolute atomic E-state index is 0.0431. The van der Waals surface area contributed by atoms with Crippen molar-refractivity contribution in [3.8, 4) is 28.3 Å². The molecule has 0 aliphatic rings. The van der Waals surface area contributed by atoms with Crippen LogP contribution in [0.3, 0.4) is 0 Å². The molecule has 0 aliphatic heterocycles. The van der Waals surface area contributed by atoms with Crippen molar-refractivity contribution in [3.05, 3.63) is 100 Å². The molecule has 13 heteroatoms. The van der Waals surface area contributed by atoms with Crippen molar-refractivity contribution in [2.45, 2.75) is 6.92 Å². The topological polar surface area (TPSA) is 140 Å². The number of furan rings is 1. The van der Waals surface area contributed by atoms with Crippen LogP contribution in [0.2, 0.25) is 0 Å². The fourth-order valence-electron chi connectivity index (χ4n) is 4.87. The third-order valence-electron chi connectivity index (χ3n) is 7.24. The molecule has 0 atom stereocenters. The van der Waals surface area contributed by atoms with E-state index in [0.29, 0.717) is 16.7 Å². The van der Waals surface area contributed by atoms with E-state index in [-0.39, 0.29) is 44.9 Å². The van der Waals surface area contributed by atoms with Crippen molar-refractivity contribution < 1.29 is 22.0 Å². The summed E-state index contributed by atoms with van der Waals surface area (Å²) in [5, 5.41) is 3.04. The first-order valence-corrected chi connectivity index (χ1v) is 15.2. The third-order valence-corrected chi connectivity index (χ3v) is 8.43. The van der Waals surface area contributed by atoms with Crippen molar-refractivity contribution in [1.29, 1.82) is 0 Å². The molecule has 0 spiro atoms. The van der Waals surface area contributed by atoms with Crippen molar-refractivity contribution in [2.24, 2.45) is 0 Å². The monoisotopic (exact) mass is 612 g/mol. The molecule has 1 N–H and O–H groups in total. The number of carbonyl (C=O) groups is 1. The number of halogens is 1. The summed E-state index contributed by atoms with van der Waals surface area (Å²) >= 11 is 0. The smallest absolute Gasteiger partial charge is 0.286 e. The number of sulfonamides is 1. The number of amides is 1. The zero-order valence-electron chi connectivity index (χ0n) is 24.0. The van der Waals surface area contributed by atoms with Crippen LogP contribution in [0.25, 0.3) is 50.4 Å². The van der Waals surface area contributed by atoms with E-state index in [1.807, 2.05) is 31.2 Å². The van der Waals surface area contributed by atoms with Crippen LogP contribution in [-0.4, -0.2) is 54.2 Å². The first kappa shape index (κ1) is 28.7. The first-order valence-electron chi connectivity index (χ1n) is 13.3. The van der Waals surface area contributed by atoms with E-state index in [4.69, 9.17) is 4.42 Å². The Bertz CT molecular complexity index is 2280. The molecule has 6 rings (SSSR count). The van der Waals surface area contributed by atoms with Gasteiger partial charge >= 0.3 is 0 Å². The Morgan fingerprint density at radius 3 is 2.50 bits per heavy atom. The van der Waals surface area contributed by atoms with Crippen LogP contribution < -0.4 is 15.2 Å². The van der Waals surface area contributed by atoms with E-state index >= 15 is 0 Å². The van der Waals surface area contributed by atoms with Gasteiger partial charge in [0.25, 0.3) is 11.5 Å². The molecule has 1 amide bonds. The average Bonchev–Trinajstić information content (AvgIpc) is 3.38. The molecule has 44 heavy (non-hydrogen) atoms. The largest absolute Gasteiger partial charge is 0.455 e. The summed E-state index contributed by atoms with van der Waals surface area (Å²) in [5.74, 6) is -0.648. The van der Waals surface area contributed by atoms with Gasteiger partial charge in [-0.3, -0.25) is 18.5 Å². The highest BCUT2D eigenvalue weighted by atomic mass is 32.2. The van der Waals surface area contributed by atoms with Crippen LogP contribution in [-0.2, 0) is 10.0 Å². The van der Waals surface area contributed by atoms with Gasteiger partial charge in [0, 0.05) is 36.7 Å². The standard InChI is InChI=1S/C31H25FN6O5S/c1-17-8-10-18(11-9-17)28-26(30(39)33-2)22-13-21(24(14-25(22)43-28)37(3)44(4,41)42)23-15-34-29-27(36-23)31(40)38(16-35-29)20-7-5-6-19(32)12-20/h5-16H,1-4H3,(H,33,39). The minimum atomic E-state index is -3.78. The lowest BCUT2D eigenvalue weighted by Crippen LogP contribution is -2.25. The normalized spacial score (nSPS) is 11.7. The van der Waals surface area contributed by atoms with Crippen LogP contribution in [0, 0.1) is 12.7 Å². The van der Waals surface area contributed by atoms with Crippen molar-refractivity contribution in [1.82, 2.24) is 24.8 Å². The molecule has 6 aromatic rings. The number of aryl methyl sites for hydroxylation is 1. The number of hydrogen-bond donors (Lipinski definition) is 1. The van der Waals surface area contributed by atoms with Gasteiger partial charge in [-0.05, 0) is 31.2 Å². The molecule has 0 saturated carbocycles. The lowest BCUT2D eigenvalue weighted by Gasteiger charge is -2.20. The molecule has 222 valence electrons. The van der Waals surface area contributed by atoms with E-state index < -0.39 is 27.3 Å². The van der Waals surface area contributed by atoms with E-state index in [0.717, 1.165) is 20.7 Å². The van der Waals surface area contributed by atoms with Crippen molar-refractivity contribution >= 4 is 43.8 Å². The van der Waals surface area contributed by atoms with Gasteiger partial charge in [0.2, 0.25) is 10.0 Å². The number of fused-ring (bicyclic) bond motifs is 2. The highest BCUT2D eigenvalue weighted by Gasteiger charge is 2.26. The quantitative estimate of drug-likeness (QED) is 0.291. The summed E-state index contributed by atoms with van der Waals surface area (Å²) < 4.78 is 47.8. The molecule has 0 fully saturated rings. The van der Waals surface area contributed by atoms with E-state index in [2.05, 4.69) is 20.3 Å². The number of benzene rings is 3. The van der Waals surface area contributed by atoms with Gasteiger partial charge < -0.3 is 9.73 Å². The lowest BCUT2D eigenvalue weighted by molar-refractivity contribution is 0.0964. The Balaban J connectivity index is 1.64. The van der Waals surface area contributed by atoms with Crippen molar-refractivity contribution in [3.63, 3.8) is 0 Å². The molecule has 0 aliphatic carbocycles. The Labute approximate surface area is 250 Å². The fourth-order valence-corrected chi connectivity index (χ4v) is 5.38. The lowest BCUT2D eigenvalue weighted by atomic mass is 10.0. The number of carbonyl (C=O) groups excluding carboxylic acids is 1. The predicted octanol–water partition coefficient (Wildman–Crippen LogP) is 4.46. The van der Waals surface area contributed by atoms with Gasteiger partial charge in [-0.15, -0.1) is 0 Å². The predicted molar refractivity (Wildman–Crippen MR) is 165 cm³/mol. The average molecular weight is 613 g/mol. The summed E-state index contributed by atoms with van der Waals surface area (Å²) in [6, 6.07) is 16.0. The summed E-state index contributed by atoms with van der Waals surface area (Å²) in [6.45, 7) is 1.94. The highest BCUT2D eigenvalue weighted by molar-refractivity contribution is 7.92. The summed E-state index contributed by atoms with van der Waals surface area (Å²) in [5.41, 5.74) is 2.31. The maximum absolute atomic E-state index is 13.9. The van der Waals surface area contributed by atoms with Gasteiger partial charge in [-0.2, -0.15) is 0 Å². The number of hydrogen-bond acceptors (Lipinski definition) is 8. The fraction of sp³-hybridized carbons (Fsp3) is 0.129. The SMILES string of the molecule is CNC(=O)c1c(-c2ccc(C)cc2)oc2cc(N(C)S(C)(=O)=O)c(-c3cnc4ncn(-c5cccc(F)c5)c(=O)c4n3)cc12. The number of anilines is 1. The van der Waals surface area contributed by atoms with Gasteiger partial charge in [0.15, 0.2) is 11.2 Å². The van der Waals surface area contributed by atoms with Crippen LogP contribution in [0.1, 0.15) is 15.9 Å². The van der Waals surface area contributed by atoms with E-state index in [1.54, 1.807) is 12.1 Å². The second-order valence-electron chi connectivity index (χ2n) is 10.2. The Morgan fingerprint density at radius 2 is 1.82 bits per heavy atom. The molecule has 0 bridgehead atoms.